The molecule has 0 radical (unpaired) electrons. The molecule has 0 aliphatic heterocycles. The summed E-state index contributed by atoms with van der Waals surface area (Å²) in [5, 5.41) is 10.4. The summed E-state index contributed by atoms with van der Waals surface area (Å²) < 4.78 is 41.9. The second-order valence-corrected chi connectivity index (χ2v) is 3.46. The topological polar surface area (TPSA) is 58.6 Å². The smallest absolute Gasteiger partial charge is 0.416 e. The number of hydrogen-bond acceptors (Lipinski definition) is 2. The number of carbonyl (C=O) groups is 1. The second kappa shape index (κ2) is 6.13. The van der Waals surface area contributed by atoms with E-state index in [2.05, 4.69) is 5.32 Å². The maximum Gasteiger partial charge on any atom is 0.416 e. The Labute approximate surface area is 101 Å². The summed E-state index contributed by atoms with van der Waals surface area (Å²) in [5.74, 6) is 0.318. The van der Waals surface area contributed by atoms with Crippen LogP contribution >= 0.6 is 0 Å². The second-order valence-electron chi connectivity index (χ2n) is 3.46. The molecule has 1 aromatic rings. The third-order valence-electron chi connectivity index (χ3n) is 2.05. The number of amides is 1. The molecule has 0 aliphatic rings. The van der Waals surface area contributed by atoms with Crippen LogP contribution in [-0.2, 0) is 6.18 Å². The maximum absolute atomic E-state index is 12.2. The van der Waals surface area contributed by atoms with Gasteiger partial charge in [0.2, 0.25) is 0 Å². The van der Waals surface area contributed by atoms with Gasteiger partial charge in [0, 0.05) is 6.54 Å². The first-order valence-electron chi connectivity index (χ1n) is 5.16. The van der Waals surface area contributed by atoms with Gasteiger partial charge in [0.15, 0.2) is 0 Å². The first-order valence-corrected chi connectivity index (χ1v) is 5.16. The Kier molecular flexibility index (Phi) is 4.82. The van der Waals surface area contributed by atoms with Gasteiger partial charge in [-0.15, -0.1) is 0 Å². The Morgan fingerprint density at radius 2 is 1.89 bits per heavy atom. The van der Waals surface area contributed by atoms with Gasteiger partial charge in [-0.2, -0.15) is 13.2 Å². The van der Waals surface area contributed by atoms with Gasteiger partial charge in [-0.05, 0) is 30.7 Å². The number of nitrogens with one attached hydrogen (secondary N) is 1. The van der Waals surface area contributed by atoms with Crippen molar-refractivity contribution >= 4 is 6.09 Å². The Morgan fingerprint density at radius 3 is 2.39 bits per heavy atom. The zero-order chi connectivity index (χ0) is 13.6. The molecule has 0 fully saturated rings. The fourth-order valence-electron chi connectivity index (χ4n) is 1.20. The highest BCUT2D eigenvalue weighted by molar-refractivity contribution is 5.64. The lowest BCUT2D eigenvalue weighted by molar-refractivity contribution is -0.137. The number of hydrogen-bond donors (Lipinski definition) is 2. The average molecular weight is 263 g/mol. The highest BCUT2D eigenvalue weighted by Crippen LogP contribution is 2.30. The van der Waals surface area contributed by atoms with Crippen LogP contribution in [0.4, 0.5) is 18.0 Å². The molecule has 100 valence electrons. The van der Waals surface area contributed by atoms with E-state index in [4.69, 9.17) is 9.84 Å². The van der Waals surface area contributed by atoms with Crippen molar-refractivity contribution in [1.29, 1.82) is 0 Å². The fraction of sp³-hybridized carbons (Fsp3) is 0.364. The number of halogens is 3. The SMILES string of the molecule is O=C(O)NCCCOc1ccc(C(F)(F)F)cc1. The van der Waals surface area contributed by atoms with Crippen molar-refractivity contribution in [2.24, 2.45) is 0 Å². The minimum absolute atomic E-state index is 0.228. The van der Waals surface area contributed by atoms with Crippen LogP contribution in [0, 0.1) is 0 Å². The molecule has 7 heteroatoms. The van der Waals surface area contributed by atoms with Gasteiger partial charge in [0.25, 0.3) is 0 Å². The van der Waals surface area contributed by atoms with Crippen molar-refractivity contribution in [1.82, 2.24) is 5.32 Å². The van der Waals surface area contributed by atoms with Crippen molar-refractivity contribution in [3.63, 3.8) is 0 Å². The highest BCUT2D eigenvalue weighted by atomic mass is 19.4. The maximum atomic E-state index is 12.2. The predicted molar refractivity (Wildman–Crippen MR) is 57.6 cm³/mol. The van der Waals surface area contributed by atoms with Crippen LogP contribution in [0.15, 0.2) is 24.3 Å². The van der Waals surface area contributed by atoms with E-state index in [-0.39, 0.29) is 13.2 Å². The van der Waals surface area contributed by atoms with E-state index in [0.29, 0.717) is 12.2 Å². The van der Waals surface area contributed by atoms with Gasteiger partial charge in [-0.3, -0.25) is 0 Å². The van der Waals surface area contributed by atoms with Crippen LogP contribution in [0.1, 0.15) is 12.0 Å². The number of ether oxygens (including phenoxy) is 1. The third kappa shape index (κ3) is 4.94. The monoisotopic (exact) mass is 263 g/mol. The van der Waals surface area contributed by atoms with E-state index >= 15 is 0 Å². The van der Waals surface area contributed by atoms with Gasteiger partial charge >= 0.3 is 12.3 Å². The number of alkyl halides is 3. The highest BCUT2D eigenvalue weighted by Gasteiger charge is 2.29. The fourth-order valence-corrected chi connectivity index (χ4v) is 1.20. The molecule has 0 atom stereocenters. The molecule has 0 saturated heterocycles. The largest absolute Gasteiger partial charge is 0.494 e. The number of rotatable bonds is 5. The number of benzene rings is 1. The molecule has 1 aromatic carbocycles. The van der Waals surface area contributed by atoms with Gasteiger partial charge in [0.1, 0.15) is 5.75 Å². The molecule has 2 N–H and O–H groups in total. The van der Waals surface area contributed by atoms with E-state index in [1.165, 1.54) is 12.1 Å². The van der Waals surface area contributed by atoms with Crippen molar-refractivity contribution in [2.45, 2.75) is 12.6 Å². The van der Waals surface area contributed by atoms with Crippen LogP contribution in [0.5, 0.6) is 5.75 Å². The predicted octanol–water partition coefficient (Wildman–Crippen LogP) is 2.74. The molecule has 0 aromatic heterocycles. The van der Waals surface area contributed by atoms with E-state index < -0.39 is 17.8 Å². The standard InChI is InChI=1S/C11H12F3NO3/c12-11(13,14)8-2-4-9(5-3-8)18-7-1-6-15-10(16)17/h2-5,15H,1,6-7H2,(H,16,17). The summed E-state index contributed by atoms with van der Waals surface area (Å²) in [6, 6.07) is 4.33. The summed E-state index contributed by atoms with van der Waals surface area (Å²) in [6.07, 6.45) is -5.04. The zero-order valence-electron chi connectivity index (χ0n) is 9.33. The molecule has 0 bridgehead atoms. The van der Waals surface area contributed by atoms with E-state index in [1.54, 1.807) is 0 Å². The molecule has 0 aliphatic carbocycles. The summed E-state index contributed by atoms with van der Waals surface area (Å²) in [5.41, 5.74) is -0.734. The number of carboxylic acid groups (broad SMARTS) is 1. The van der Waals surface area contributed by atoms with Crippen molar-refractivity contribution < 1.29 is 27.8 Å². The molecular formula is C11H12F3NO3. The van der Waals surface area contributed by atoms with Crippen molar-refractivity contribution in [3.8, 4) is 5.75 Å². The molecule has 18 heavy (non-hydrogen) atoms. The molecule has 4 nitrogen and oxygen atoms in total. The molecule has 0 spiro atoms. The molecule has 0 saturated carbocycles. The van der Waals surface area contributed by atoms with Crippen LogP contribution in [0.25, 0.3) is 0 Å². The normalized spacial score (nSPS) is 11.1. The third-order valence-corrected chi connectivity index (χ3v) is 2.05. The first-order chi connectivity index (χ1) is 8.39. The van der Waals surface area contributed by atoms with Crippen molar-refractivity contribution in [2.75, 3.05) is 13.2 Å². The van der Waals surface area contributed by atoms with Gasteiger partial charge in [-0.25, -0.2) is 4.79 Å². The van der Waals surface area contributed by atoms with Crippen molar-refractivity contribution in [3.05, 3.63) is 29.8 Å². The quantitative estimate of drug-likeness (QED) is 0.803. The molecule has 0 unspecified atom stereocenters. The Balaban J connectivity index is 2.33. The summed E-state index contributed by atoms with van der Waals surface area (Å²) in [4.78, 5) is 10.1. The van der Waals surface area contributed by atoms with Gasteiger partial charge in [0.05, 0.1) is 12.2 Å². The molecule has 1 amide bonds. The summed E-state index contributed by atoms with van der Waals surface area (Å²) in [7, 11) is 0. The van der Waals surface area contributed by atoms with E-state index in [0.717, 1.165) is 12.1 Å². The summed E-state index contributed by atoms with van der Waals surface area (Å²) in [6.45, 7) is 0.460. The Hall–Kier alpha value is -1.92. The van der Waals surface area contributed by atoms with Gasteiger partial charge in [-0.1, -0.05) is 0 Å². The van der Waals surface area contributed by atoms with Crippen LogP contribution in [0.2, 0.25) is 0 Å². The lowest BCUT2D eigenvalue weighted by atomic mass is 10.2. The van der Waals surface area contributed by atoms with Crippen LogP contribution < -0.4 is 10.1 Å². The minimum Gasteiger partial charge on any atom is -0.494 e. The first kappa shape index (κ1) is 14.1. The van der Waals surface area contributed by atoms with Crippen LogP contribution in [-0.4, -0.2) is 24.4 Å². The van der Waals surface area contributed by atoms with Crippen LogP contribution in [0.3, 0.4) is 0 Å². The zero-order valence-corrected chi connectivity index (χ0v) is 9.33. The Bertz CT molecular complexity index is 390. The average Bonchev–Trinajstić information content (AvgIpc) is 2.27. The lowest BCUT2D eigenvalue weighted by Gasteiger charge is -2.09. The lowest BCUT2D eigenvalue weighted by Crippen LogP contribution is -2.23. The van der Waals surface area contributed by atoms with E-state index in [9.17, 15) is 18.0 Å². The minimum atomic E-state index is -4.36. The van der Waals surface area contributed by atoms with E-state index in [1.807, 2.05) is 0 Å². The molecule has 0 heterocycles. The molecular weight excluding hydrogens is 251 g/mol. The molecule has 1 rings (SSSR count). The van der Waals surface area contributed by atoms with Gasteiger partial charge < -0.3 is 15.2 Å². The Morgan fingerprint density at radius 1 is 1.28 bits per heavy atom. The summed E-state index contributed by atoms with van der Waals surface area (Å²) >= 11 is 0.